The number of aromatic nitrogens is 2. The summed E-state index contributed by atoms with van der Waals surface area (Å²) in [6.07, 6.45) is 0. The Morgan fingerprint density at radius 3 is 2.44 bits per heavy atom. The van der Waals surface area contributed by atoms with Gasteiger partial charge >= 0.3 is 0 Å². The van der Waals surface area contributed by atoms with Crippen molar-refractivity contribution >= 4 is 34.1 Å². The highest BCUT2D eigenvalue weighted by atomic mass is 35.5. The Morgan fingerprint density at radius 1 is 1.00 bits per heavy atom. The number of nitrogens with zero attached hydrogens (tertiary/aromatic N) is 2. The van der Waals surface area contributed by atoms with E-state index in [1.807, 2.05) is 53.2 Å². The molecule has 18 heavy (non-hydrogen) atoms. The van der Waals surface area contributed by atoms with Crippen molar-refractivity contribution < 1.29 is 0 Å². The third-order valence-corrected chi connectivity index (χ3v) is 3.37. The van der Waals surface area contributed by atoms with Crippen LogP contribution in [-0.2, 0) is 5.88 Å². The lowest BCUT2D eigenvalue weighted by atomic mass is 10.2. The first-order chi connectivity index (χ1) is 8.79. The maximum atomic E-state index is 5.93. The zero-order chi connectivity index (χ0) is 12.5. The Balaban J connectivity index is 2.26. The maximum absolute atomic E-state index is 5.93. The van der Waals surface area contributed by atoms with Crippen molar-refractivity contribution in [3.8, 4) is 5.69 Å². The third-order valence-electron chi connectivity index (χ3n) is 2.86. The molecule has 0 bridgehead atoms. The van der Waals surface area contributed by atoms with Gasteiger partial charge in [0.15, 0.2) is 0 Å². The normalized spacial score (nSPS) is 11.0. The van der Waals surface area contributed by atoms with Crippen molar-refractivity contribution in [2.75, 3.05) is 0 Å². The predicted octanol–water partition coefficient (Wildman–Crippen LogP) is 4.42. The van der Waals surface area contributed by atoms with E-state index in [1.165, 1.54) is 0 Å². The molecule has 0 radical (unpaired) electrons. The van der Waals surface area contributed by atoms with Gasteiger partial charge in [-0.1, -0.05) is 29.8 Å². The van der Waals surface area contributed by atoms with Crippen molar-refractivity contribution in [2.24, 2.45) is 0 Å². The van der Waals surface area contributed by atoms with Crippen LogP contribution in [0.25, 0.3) is 16.6 Å². The maximum Gasteiger partial charge on any atom is 0.0855 e. The van der Waals surface area contributed by atoms with Crippen molar-refractivity contribution in [1.82, 2.24) is 9.78 Å². The summed E-state index contributed by atoms with van der Waals surface area (Å²) in [6.45, 7) is 0. The Labute approximate surface area is 115 Å². The van der Waals surface area contributed by atoms with Crippen molar-refractivity contribution in [3.63, 3.8) is 0 Å². The summed E-state index contributed by atoms with van der Waals surface area (Å²) < 4.78 is 1.89. The Bertz CT molecular complexity index is 687. The lowest BCUT2D eigenvalue weighted by Gasteiger charge is -2.03. The number of halogens is 2. The average Bonchev–Trinajstić information content (AvgIpc) is 2.79. The minimum atomic E-state index is 0.404. The van der Waals surface area contributed by atoms with Crippen LogP contribution < -0.4 is 0 Å². The fourth-order valence-electron chi connectivity index (χ4n) is 2.01. The molecule has 4 heteroatoms. The molecule has 0 amide bonds. The summed E-state index contributed by atoms with van der Waals surface area (Å²) in [5, 5.41) is 6.35. The topological polar surface area (TPSA) is 17.8 Å². The molecule has 2 aromatic carbocycles. The van der Waals surface area contributed by atoms with Gasteiger partial charge in [-0.3, -0.25) is 0 Å². The highest BCUT2D eigenvalue weighted by Gasteiger charge is 2.10. The highest BCUT2D eigenvalue weighted by Crippen LogP contribution is 2.23. The molecule has 0 saturated carbocycles. The molecule has 0 aliphatic rings. The van der Waals surface area contributed by atoms with Gasteiger partial charge in [0.2, 0.25) is 0 Å². The first-order valence-electron chi connectivity index (χ1n) is 5.58. The summed E-state index contributed by atoms with van der Waals surface area (Å²) in [6, 6.07) is 15.7. The number of hydrogen-bond acceptors (Lipinski definition) is 1. The van der Waals surface area contributed by atoms with Crippen LogP contribution >= 0.6 is 23.2 Å². The van der Waals surface area contributed by atoms with E-state index in [2.05, 4.69) is 5.10 Å². The SMILES string of the molecule is ClCc1nn(-c2ccc(Cl)cc2)c2ccccc12. The van der Waals surface area contributed by atoms with E-state index >= 15 is 0 Å². The number of alkyl halides is 1. The molecule has 3 rings (SSSR count). The average molecular weight is 277 g/mol. The van der Waals surface area contributed by atoms with E-state index in [0.717, 1.165) is 22.3 Å². The van der Waals surface area contributed by atoms with Crippen LogP contribution in [0.5, 0.6) is 0 Å². The molecule has 90 valence electrons. The van der Waals surface area contributed by atoms with E-state index < -0.39 is 0 Å². The smallest absolute Gasteiger partial charge is 0.0855 e. The molecule has 1 heterocycles. The molecular formula is C14H10Cl2N2. The second kappa shape index (κ2) is 4.63. The van der Waals surface area contributed by atoms with Crippen LogP contribution in [0, 0.1) is 0 Å². The summed E-state index contributed by atoms with van der Waals surface area (Å²) in [5.41, 5.74) is 2.92. The summed E-state index contributed by atoms with van der Waals surface area (Å²) >= 11 is 11.8. The molecule has 2 nitrogen and oxygen atoms in total. The number of fused-ring (bicyclic) bond motifs is 1. The fraction of sp³-hybridized carbons (Fsp3) is 0.0714. The lowest BCUT2D eigenvalue weighted by Crippen LogP contribution is -1.96. The number of benzene rings is 2. The molecular weight excluding hydrogens is 267 g/mol. The van der Waals surface area contributed by atoms with E-state index in [4.69, 9.17) is 23.2 Å². The van der Waals surface area contributed by atoms with E-state index in [1.54, 1.807) is 0 Å². The van der Waals surface area contributed by atoms with Crippen molar-refractivity contribution in [1.29, 1.82) is 0 Å². The minimum Gasteiger partial charge on any atom is -0.233 e. The van der Waals surface area contributed by atoms with Crippen LogP contribution in [-0.4, -0.2) is 9.78 Å². The molecule has 0 N–H and O–H groups in total. The van der Waals surface area contributed by atoms with Gasteiger partial charge < -0.3 is 0 Å². The number of para-hydroxylation sites is 1. The fourth-order valence-corrected chi connectivity index (χ4v) is 2.33. The molecule has 0 spiro atoms. The first-order valence-corrected chi connectivity index (χ1v) is 6.49. The zero-order valence-corrected chi connectivity index (χ0v) is 11.0. The van der Waals surface area contributed by atoms with Gasteiger partial charge in [-0.15, -0.1) is 11.6 Å². The van der Waals surface area contributed by atoms with Crippen LogP contribution in [0.3, 0.4) is 0 Å². The summed E-state index contributed by atoms with van der Waals surface area (Å²) in [7, 11) is 0. The zero-order valence-electron chi connectivity index (χ0n) is 9.48. The quantitative estimate of drug-likeness (QED) is 0.634. The van der Waals surface area contributed by atoms with Gasteiger partial charge in [0.25, 0.3) is 0 Å². The second-order valence-electron chi connectivity index (χ2n) is 3.99. The third kappa shape index (κ3) is 1.88. The molecule has 0 saturated heterocycles. The lowest BCUT2D eigenvalue weighted by molar-refractivity contribution is 0.884. The molecule has 0 aliphatic heterocycles. The van der Waals surface area contributed by atoms with Crippen LogP contribution in [0.2, 0.25) is 5.02 Å². The molecule has 3 aromatic rings. The summed E-state index contributed by atoms with van der Waals surface area (Å²) in [5.74, 6) is 0.404. The van der Waals surface area contributed by atoms with Crippen molar-refractivity contribution in [2.45, 2.75) is 5.88 Å². The highest BCUT2D eigenvalue weighted by molar-refractivity contribution is 6.30. The molecule has 0 atom stereocenters. The van der Waals surface area contributed by atoms with E-state index in [-0.39, 0.29) is 0 Å². The Morgan fingerprint density at radius 2 is 1.72 bits per heavy atom. The monoisotopic (exact) mass is 276 g/mol. The van der Waals surface area contributed by atoms with Gasteiger partial charge in [0.1, 0.15) is 0 Å². The van der Waals surface area contributed by atoms with Gasteiger partial charge in [-0.05, 0) is 30.3 Å². The van der Waals surface area contributed by atoms with Crippen LogP contribution in [0.1, 0.15) is 5.69 Å². The van der Waals surface area contributed by atoms with Gasteiger partial charge in [0, 0.05) is 10.4 Å². The van der Waals surface area contributed by atoms with E-state index in [9.17, 15) is 0 Å². The van der Waals surface area contributed by atoms with Crippen LogP contribution in [0.15, 0.2) is 48.5 Å². The molecule has 0 fully saturated rings. The predicted molar refractivity (Wildman–Crippen MR) is 75.6 cm³/mol. The number of hydrogen-bond donors (Lipinski definition) is 0. The Kier molecular flexibility index (Phi) is 2.98. The molecule has 0 aliphatic carbocycles. The van der Waals surface area contributed by atoms with Crippen LogP contribution in [0.4, 0.5) is 0 Å². The van der Waals surface area contributed by atoms with Gasteiger partial charge in [0.05, 0.1) is 22.8 Å². The van der Waals surface area contributed by atoms with Gasteiger partial charge in [-0.25, -0.2) is 4.68 Å². The standard InChI is InChI=1S/C14H10Cl2N2/c15-9-13-12-3-1-2-4-14(12)18(17-13)11-7-5-10(16)6-8-11/h1-8H,9H2. The first kappa shape index (κ1) is 11.6. The summed E-state index contributed by atoms with van der Waals surface area (Å²) in [4.78, 5) is 0. The minimum absolute atomic E-state index is 0.404. The van der Waals surface area contributed by atoms with Gasteiger partial charge in [-0.2, -0.15) is 5.10 Å². The number of rotatable bonds is 2. The molecule has 0 unspecified atom stereocenters. The second-order valence-corrected chi connectivity index (χ2v) is 4.69. The van der Waals surface area contributed by atoms with E-state index in [0.29, 0.717) is 10.9 Å². The Hall–Kier alpha value is -1.51. The largest absolute Gasteiger partial charge is 0.233 e. The molecule has 1 aromatic heterocycles. The van der Waals surface area contributed by atoms with Crippen molar-refractivity contribution in [3.05, 3.63) is 59.2 Å².